The molecule has 1 heteroatoms. The summed E-state index contributed by atoms with van der Waals surface area (Å²) in [6.45, 7) is 9.15. The maximum Gasteiger partial charge on any atom is 0.0320 e. The fraction of sp³-hybridized carbons (Fsp3) is 0.529. The molecule has 1 atom stereocenters. The van der Waals surface area contributed by atoms with Crippen molar-refractivity contribution in [3.8, 4) is 0 Å². The van der Waals surface area contributed by atoms with Gasteiger partial charge in [-0.25, -0.2) is 0 Å². The van der Waals surface area contributed by atoms with E-state index in [0.29, 0.717) is 6.04 Å². The highest BCUT2D eigenvalue weighted by atomic mass is 14.9. The Morgan fingerprint density at radius 2 is 2.11 bits per heavy atom. The van der Waals surface area contributed by atoms with Crippen LogP contribution < -0.4 is 5.32 Å². The van der Waals surface area contributed by atoms with E-state index in [2.05, 4.69) is 50.0 Å². The first-order valence-corrected chi connectivity index (χ1v) is 7.18. The lowest BCUT2D eigenvalue weighted by atomic mass is 9.98. The third-order valence-electron chi connectivity index (χ3n) is 3.30. The Labute approximate surface area is 112 Å². The topological polar surface area (TPSA) is 12.0 Å². The van der Waals surface area contributed by atoms with Crippen molar-refractivity contribution in [3.63, 3.8) is 0 Å². The Kier molecular flexibility index (Phi) is 7.43. The van der Waals surface area contributed by atoms with Gasteiger partial charge in [0.15, 0.2) is 0 Å². The molecule has 0 heterocycles. The number of nitrogens with one attached hydrogen (secondary N) is 1. The van der Waals surface area contributed by atoms with Crippen LogP contribution in [0.15, 0.2) is 36.9 Å². The number of aryl methyl sites for hydroxylation is 1. The molecule has 0 aromatic heterocycles. The Morgan fingerprint density at radius 3 is 2.78 bits per heavy atom. The first-order valence-electron chi connectivity index (χ1n) is 7.18. The van der Waals surface area contributed by atoms with E-state index in [-0.39, 0.29) is 0 Å². The highest BCUT2D eigenvalue weighted by Gasteiger charge is 2.09. The van der Waals surface area contributed by atoms with Crippen LogP contribution in [-0.4, -0.2) is 6.54 Å². The van der Waals surface area contributed by atoms with E-state index in [9.17, 15) is 0 Å². The molecule has 1 N–H and O–H groups in total. The van der Waals surface area contributed by atoms with Crippen LogP contribution in [0.1, 0.15) is 56.2 Å². The maximum atomic E-state index is 3.77. The average Bonchev–Trinajstić information content (AvgIpc) is 2.37. The minimum absolute atomic E-state index is 0.513. The lowest BCUT2D eigenvalue weighted by molar-refractivity contribution is 0.483. The summed E-state index contributed by atoms with van der Waals surface area (Å²) in [5.74, 6) is 0. The Balaban J connectivity index is 2.46. The van der Waals surface area contributed by atoms with E-state index >= 15 is 0 Å². The minimum atomic E-state index is 0.513. The maximum absolute atomic E-state index is 3.77. The highest BCUT2D eigenvalue weighted by molar-refractivity contribution is 5.25. The van der Waals surface area contributed by atoms with Crippen molar-refractivity contribution in [1.29, 1.82) is 0 Å². The molecule has 1 aromatic carbocycles. The highest BCUT2D eigenvalue weighted by Crippen LogP contribution is 2.21. The predicted molar refractivity (Wildman–Crippen MR) is 80.9 cm³/mol. The Hall–Kier alpha value is -1.08. The van der Waals surface area contributed by atoms with Gasteiger partial charge in [0.25, 0.3) is 0 Å². The van der Waals surface area contributed by atoms with Gasteiger partial charge in [-0.3, -0.25) is 0 Å². The van der Waals surface area contributed by atoms with Gasteiger partial charge in [0.2, 0.25) is 0 Å². The molecule has 0 spiro atoms. The van der Waals surface area contributed by atoms with Crippen LogP contribution in [0.3, 0.4) is 0 Å². The molecule has 0 amide bonds. The van der Waals surface area contributed by atoms with Gasteiger partial charge >= 0.3 is 0 Å². The third kappa shape index (κ3) is 5.50. The molecule has 1 rings (SSSR count). The molecule has 0 saturated carbocycles. The summed E-state index contributed by atoms with van der Waals surface area (Å²) in [7, 11) is 0. The van der Waals surface area contributed by atoms with Gasteiger partial charge in [-0.15, -0.1) is 6.58 Å². The van der Waals surface area contributed by atoms with Gasteiger partial charge in [-0.1, -0.05) is 55.7 Å². The van der Waals surface area contributed by atoms with Gasteiger partial charge in [-0.2, -0.15) is 0 Å². The largest absolute Gasteiger partial charge is 0.310 e. The second kappa shape index (κ2) is 8.93. The molecule has 0 aliphatic heterocycles. The number of unbranched alkanes of at least 4 members (excludes halogenated alkanes) is 3. The lowest BCUT2D eigenvalue weighted by Gasteiger charge is -2.18. The van der Waals surface area contributed by atoms with E-state index in [1.807, 2.05) is 6.08 Å². The first kappa shape index (κ1) is 15.0. The number of rotatable bonds is 9. The summed E-state index contributed by atoms with van der Waals surface area (Å²) < 4.78 is 0. The van der Waals surface area contributed by atoms with Crippen molar-refractivity contribution in [2.24, 2.45) is 0 Å². The monoisotopic (exact) mass is 245 g/mol. The molecular formula is C17H27N. The molecule has 0 aliphatic rings. The van der Waals surface area contributed by atoms with Gasteiger partial charge in [0, 0.05) is 6.04 Å². The summed E-state index contributed by atoms with van der Waals surface area (Å²) in [6.07, 6.45) is 8.27. The van der Waals surface area contributed by atoms with Gasteiger partial charge < -0.3 is 5.32 Å². The van der Waals surface area contributed by atoms with Crippen molar-refractivity contribution >= 4 is 0 Å². The fourth-order valence-electron chi connectivity index (χ4n) is 2.33. The fourth-order valence-corrected chi connectivity index (χ4v) is 2.33. The van der Waals surface area contributed by atoms with Gasteiger partial charge in [-0.05, 0) is 38.3 Å². The first-order chi connectivity index (χ1) is 8.77. The van der Waals surface area contributed by atoms with Crippen molar-refractivity contribution in [3.05, 3.63) is 48.0 Å². The molecule has 18 heavy (non-hydrogen) atoms. The molecule has 1 aromatic rings. The van der Waals surface area contributed by atoms with Crippen LogP contribution in [-0.2, 0) is 0 Å². The molecule has 0 bridgehead atoms. The number of benzene rings is 1. The summed E-state index contributed by atoms with van der Waals surface area (Å²) in [5, 5.41) is 3.60. The summed E-state index contributed by atoms with van der Waals surface area (Å²) in [4.78, 5) is 0. The van der Waals surface area contributed by atoms with Crippen LogP contribution in [0.5, 0.6) is 0 Å². The molecule has 1 unspecified atom stereocenters. The van der Waals surface area contributed by atoms with E-state index in [1.54, 1.807) is 0 Å². The number of allylic oxidation sites excluding steroid dienone is 1. The van der Waals surface area contributed by atoms with Crippen LogP contribution >= 0.6 is 0 Å². The predicted octanol–water partition coefficient (Wildman–Crippen LogP) is 4.78. The zero-order valence-corrected chi connectivity index (χ0v) is 11.9. The molecule has 0 aliphatic carbocycles. The lowest BCUT2D eigenvalue weighted by Crippen LogP contribution is -2.20. The molecule has 0 radical (unpaired) electrons. The molecule has 100 valence electrons. The van der Waals surface area contributed by atoms with Crippen LogP contribution in [0.4, 0.5) is 0 Å². The zero-order chi connectivity index (χ0) is 13.2. The van der Waals surface area contributed by atoms with Crippen LogP contribution in [0.25, 0.3) is 0 Å². The Bertz CT molecular complexity index is 343. The molecule has 0 fully saturated rings. The van der Waals surface area contributed by atoms with E-state index in [0.717, 1.165) is 13.0 Å². The smallest absolute Gasteiger partial charge is 0.0320 e. The molecule has 0 saturated heterocycles. The van der Waals surface area contributed by atoms with Crippen molar-refractivity contribution < 1.29 is 0 Å². The second-order valence-corrected chi connectivity index (χ2v) is 4.95. The van der Waals surface area contributed by atoms with E-state index in [1.165, 1.54) is 36.8 Å². The van der Waals surface area contributed by atoms with E-state index < -0.39 is 0 Å². The van der Waals surface area contributed by atoms with Crippen LogP contribution in [0.2, 0.25) is 0 Å². The van der Waals surface area contributed by atoms with Gasteiger partial charge in [0.05, 0.1) is 0 Å². The van der Waals surface area contributed by atoms with E-state index in [4.69, 9.17) is 0 Å². The number of hydrogen-bond acceptors (Lipinski definition) is 1. The van der Waals surface area contributed by atoms with Crippen molar-refractivity contribution in [2.45, 2.75) is 52.0 Å². The van der Waals surface area contributed by atoms with Crippen molar-refractivity contribution in [1.82, 2.24) is 5.32 Å². The normalized spacial score (nSPS) is 12.3. The quantitative estimate of drug-likeness (QED) is 0.487. The minimum Gasteiger partial charge on any atom is -0.310 e. The SMILES string of the molecule is C=CCCCCCC(NCC)c1cccc(C)c1. The molecular weight excluding hydrogens is 218 g/mol. The molecule has 1 nitrogen and oxygen atoms in total. The standard InChI is InChI=1S/C17H27N/c1-4-6-7-8-9-13-17(18-5-2)16-12-10-11-15(3)14-16/h4,10-12,14,17-18H,1,5-9,13H2,2-3H3. The average molecular weight is 245 g/mol. The number of hydrogen-bond donors (Lipinski definition) is 1. The summed E-state index contributed by atoms with van der Waals surface area (Å²) in [5.41, 5.74) is 2.78. The zero-order valence-electron chi connectivity index (χ0n) is 11.9. The third-order valence-corrected chi connectivity index (χ3v) is 3.30. The second-order valence-electron chi connectivity index (χ2n) is 4.95. The van der Waals surface area contributed by atoms with Crippen molar-refractivity contribution in [2.75, 3.05) is 6.54 Å². The van der Waals surface area contributed by atoms with Crippen LogP contribution in [0, 0.1) is 6.92 Å². The van der Waals surface area contributed by atoms with Gasteiger partial charge in [0.1, 0.15) is 0 Å². The summed E-state index contributed by atoms with van der Waals surface area (Å²) >= 11 is 0. The Morgan fingerprint density at radius 1 is 1.28 bits per heavy atom. The summed E-state index contributed by atoms with van der Waals surface area (Å²) in [6, 6.07) is 9.38.